The maximum Gasteiger partial charge on any atom is 0.203 e. The van der Waals surface area contributed by atoms with E-state index < -0.39 is 0 Å². The number of hydrazone groups is 1. The predicted molar refractivity (Wildman–Crippen MR) is 110 cm³/mol. The molecule has 0 bridgehead atoms. The number of thiazole rings is 1. The molecular weight excluding hydrogens is 375 g/mol. The summed E-state index contributed by atoms with van der Waals surface area (Å²) in [5.41, 5.74) is 6.74. The van der Waals surface area contributed by atoms with Crippen molar-refractivity contribution in [2.45, 2.75) is 0 Å². The number of nitrogens with one attached hydrogen (secondary N) is 1. The Balaban J connectivity index is 1.67. The van der Waals surface area contributed by atoms with Crippen molar-refractivity contribution in [2.75, 3.05) is 24.4 Å². The van der Waals surface area contributed by atoms with Crippen LogP contribution in [0.5, 0.6) is 0 Å². The normalized spacial score (nSPS) is 11.0. The Morgan fingerprint density at radius 2 is 1.88 bits per heavy atom. The maximum absolute atomic E-state index is 6.22. The summed E-state index contributed by atoms with van der Waals surface area (Å²) in [5, 5.41) is 8.04. The Kier molecular flexibility index (Phi) is 5.58. The number of hydrogen-bond acceptors (Lipinski definition) is 5. The van der Waals surface area contributed by atoms with E-state index in [1.54, 1.807) is 18.3 Å². The van der Waals surface area contributed by atoms with Gasteiger partial charge in [0.25, 0.3) is 0 Å². The monoisotopic (exact) mass is 390 g/mol. The van der Waals surface area contributed by atoms with E-state index in [1.165, 1.54) is 11.3 Å². The molecule has 0 fully saturated rings. The number of benzene rings is 2. The van der Waals surface area contributed by atoms with Gasteiger partial charge in [-0.15, -0.1) is 11.3 Å². The molecule has 3 aromatic rings. The van der Waals surface area contributed by atoms with E-state index in [0.29, 0.717) is 15.2 Å². The highest BCUT2D eigenvalue weighted by Crippen LogP contribution is 2.32. The number of nitrogens with zero attached hydrogens (tertiary/aromatic N) is 3. The Bertz CT molecular complexity index is 888. The quantitative estimate of drug-likeness (QED) is 0.453. The van der Waals surface area contributed by atoms with Crippen molar-refractivity contribution in [3.05, 3.63) is 63.5 Å². The summed E-state index contributed by atoms with van der Waals surface area (Å²) in [6.45, 7) is 0. The molecule has 2 aromatic carbocycles. The van der Waals surface area contributed by atoms with Crippen LogP contribution in [-0.4, -0.2) is 25.3 Å². The Morgan fingerprint density at radius 1 is 1.12 bits per heavy atom. The Morgan fingerprint density at radius 3 is 2.56 bits per heavy atom. The van der Waals surface area contributed by atoms with Gasteiger partial charge < -0.3 is 4.90 Å². The molecule has 0 saturated carbocycles. The second-order valence-corrected chi connectivity index (χ2v) is 7.22. The van der Waals surface area contributed by atoms with Crippen LogP contribution in [0.2, 0.25) is 10.0 Å². The van der Waals surface area contributed by atoms with Gasteiger partial charge in [-0.3, -0.25) is 5.43 Å². The summed E-state index contributed by atoms with van der Waals surface area (Å²) in [5.74, 6) is 0. The van der Waals surface area contributed by atoms with E-state index in [2.05, 4.69) is 20.4 Å². The van der Waals surface area contributed by atoms with Crippen molar-refractivity contribution in [1.29, 1.82) is 0 Å². The van der Waals surface area contributed by atoms with Gasteiger partial charge in [0, 0.05) is 35.7 Å². The fraction of sp³-hybridized carbons (Fsp3) is 0.111. The van der Waals surface area contributed by atoms with Gasteiger partial charge in [0.1, 0.15) is 0 Å². The highest BCUT2D eigenvalue weighted by Gasteiger charge is 2.08. The summed E-state index contributed by atoms with van der Waals surface area (Å²) in [4.78, 5) is 6.55. The fourth-order valence-corrected chi connectivity index (χ4v) is 3.33. The highest BCUT2D eigenvalue weighted by atomic mass is 35.5. The van der Waals surface area contributed by atoms with Crippen LogP contribution in [0, 0.1) is 0 Å². The van der Waals surface area contributed by atoms with Crippen LogP contribution in [0.15, 0.2) is 52.9 Å². The number of anilines is 2. The molecule has 1 N–H and O–H groups in total. The smallest absolute Gasteiger partial charge is 0.203 e. The summed E-state index contributed by atoms with van der Waals surface area (Å²) in [6, 6.07) is 13.5. The minimum atomic E-state index is 0.578. The zero-order valence-corrected chi connectivity index (χ0v) is 16.0. The van der Waals surface area contributed by atoms with Gasteiger partial charge in [-0.25, -0.2) is 4.98 Å². The van der Waals surface area contributed by atoms with E-state index in [1.807, 2.05) is 49.8 Å². The van der Waals surface area contributed by atoms with Gasteiger partial charge in [-0.2, -0.15) is 5.10 Å². The molecule has 7 heteroatoms. The minimum absolute atomic E-state index is 0.578. The van der Waals surface area contributed by atoms with Gasteiger partial charge >= 0.3 is 0 Å². The topological polar surface area (TPSA) is 40.5 Å². The Hall–Kier alpha value is -2.08. The summed E-state index contributed by atoms with van der Waals surface area (Å²) in [7, 11) is 4.02. The molecule has 1 heterocycles. The van der Waals surface area contributed by atoms with Crippen LogP contribution in [0.4, 0.5) is 10.8 Å². The van der Waals surface area contributed by atoms with Crippen LogP contribution in [0.25, 0.3) is 11.3 Å². The first-order valence-electron chi connectivity index (χ1n) is 7.50. The second-order valence-electron chi connectivity index (χ2n) is 5.52. The van der Waals surface area contributed by atoms with Crippen molar-refractivity contribution in [3.63, 3.8) is 0 Å². The molecule has 0 aliphatic rings. The van der Waals surface area contributed by atoms with Crippen molar-refractivity contribution in [1.82, 2.24) is 4.98 Å². The first-order valence-corrected chi connectivity index (χ1v) is 9.14. The third-order valence-electron chi connectivity index (χ3n) is 3.49. The summed E-state index contributed by atoms with van der Waals surface area (Å²) in [6.07, 6.45) is 1.76. The lowest BCUT2D eigenvalue weighted by molar-refractivity contribution is 1.13. The molecule has 4 nitrogen and oxygen atoms in total. The van der Waals surface area contributed by atoms with Crippen molar-refractivity contribution < 1.29 is 0 Å². The minimum Gasteiger partial charge on any atom is -0.378 e. The molecule has 3 rings (SSSR count). The average Bonchev–Trinajstić information content (AvgIpc) is 3.04. The van der Waals surface area contributed by atoms with E-state index in [0.717, 1.165) is 22.5 Å². The summed E-state index contributed by atoms with van der Waals surface area (Å²) < 4.78 is 0. The molecule has 0 amide bonds. The third kappa shape index (κ3) is 4.51. The molecular formula is C18H16Cl2N4S. The number of aromatic nitrogens is 1. The lowest BCUT2D eigenvalue weighted by atomic mass is 10.2. The van der Waals surface area contributed by atoms with Crippen molar-refractivity contribution >= 4 is 51.6 Å². The number of hydrogen-bond donors (Lipinski definition) is 1. The molecule has 0 atom stereocenters. The van der Waals surface area contributed by atoms with Crippen LogP contribution >= 0.6 is 34.5 Å². The third-order valence-corrected chi connectivity index (χ3v) is 4.79. The predicted octanol–water partition coefficient (Wildman–Crippen LogP) is 5.63. The van der Waals surface area contributed by atoms with Crippen LogP contribution in [0.1, 0.15) is 5.56 Å². The van der Waals surface area contributed by atoms with E-state index in [9.17, 15) is 0 Å². The van der Waals surface area contributed by atoms with Gasteiger partial charge in [0.05, 0.1) is 16.9 Å². The van der Waals surface area contributed by atoms with E-state index >= 15 is 0 Å². The first-order chi connectivity index (χ1) is 12.0. The molecule has 1 aromatic heterocycles. The van der Waals surface area contributed by atoms with Crippen LogP contribution < -0.4 is 10.3 Å². The lowest BCUT2D eigenvalue weighted by Gasteiger charge is -2.11. The average molecular weight is 391 g/mol. The van der Waals surface area contributed by atoms with Gasteiger partial charge in [0.2, 0.25) is 5.13 Å². The largest absolute Gasteiger partial charge is 0.378 e. The molecule has 0 saturated heterocycles. The van der Waals surface area contributed by atoms with Gasteiger partial charge in [0.15, 0.2) is 0 Å². The maximum atomic E-state index is 6.22. The van der Waals surface area contributed by atoms with E-state index in [-0.39, 0.29) is 0 Å². The molecule has 0 radical (unpaired) electrons. The molecule has 0 spiro atoms. The molecule has 128 valence electrons. The van der Waals surface area contributed by atoms with E-state index in [4.69, 9.17) is 23.2 Å². The van der Waals surface area contributed by atoms with Gasteiger partial charge in [-0.1, -0.05) is 35.3 Å². The first kappa shape index (κ1) is 17.7. The Labute approximate surface area is 160 Å². The summed E-state index contributed by atoms with van der Waals surface area (Å²) >= 11 is 13.6. The van der Waals surface area contributed by atoms with Crippen molar-refractivity contribution in [3.8, 4) is 11.3 Å². The molecule has 25 heavy (non-hydrogen) atoms. The molecule has 0 aliphatic carbocycles. The van der Waals surface area contributed by atoms with Gasteiger partial charge in [-0.05, 0) is 35.9 Å². The zero-order chi connectivity index (χ0) is 17.8. The lowest BCUT2D eigenvalue weighted by Crippen LogP contribution is -2.08. The number of rotatable bonds is 5. The zero-order valence-electron chi connectivity index (χ0n) is 13.7. The highest BCUT2D eigenvalue weighted by molar-refractivity contribution is 7.14. The van der Waals surface area contributed by atoms with Crippen LogP contribution in [-0.2, 0) is 0 Å². The molecule has 0 aliphatic heterocycles. The molecule has 0 unspecified atom stereocenters. The van der Waals surface area contributed by atoms with Crippen LogP contribution in [0.3, 0.4) is 0 Å². The second kappa shape index (κ2) is 7.87. The fourth-order valence-electron chi connectivity index (χ4n) is 2.17. The SMILES string of the molecule is CN(C)c1ccc(/C=N/Nc2nc(-c3ccc(Cl)cc3Cl)cs2)cc1. The number of halogens is 2. The van der Waals surface area contributed by atoms with Crippen molar-refractivity contribution in [2.24, 2.45) is 5.10 Å². The standard InChI is InChI=1S/C18H16Cl2N4S/c1-24(2)14-6-3-12(4-7-14)10-21-23-18-22-17(11-25-18)15-8-5-13(19)9-16(15)20/h3-11H,1-2H3,(H,22,23)/b21-10+.